The Labute approximate surface area is 158 Å². The summed E-state index contributed by atoms with van der Waals surface area (Å²) in [6, 6.07) is 19.5. The summed E-state index contributed by atoms with van der Waals surface area (Å²) in [5.74, 6) is 0.0593. The van der Waals surface area contributed by atoms with E-state index < -0.39 is 5.54 Å². The van der Waals surface area contributed by atoms with Gasteiger partial charge >= 0.3 is 0 Å². The summed E-state index contributed by atoms with van der Waals surface area (Å²) >= 11 is 0. The minimum absolute atomic E-state index is 0.0593. The largest absolute Gasteiger partial charge is 0.330 e. The van der Waals surface area contributed by atoms with Crippen molar-refractivity contribution in [3.63, 3.8) is 0 Å². The lowest BCUT2D eigenvalue weighted by molar-refractivity contribution is -0.143. The summed E-state index contributed by atoms with van der Waals surface area (Å²) in [7, 11) is 0. The van der Waals surface area contributed by atoms with E-state index >= 15 is 0 Å². The third-order valence-electron chi connectivity index (χ3n) is 5.34. The second-order valence-corrected chi connectivity index (χ2v) is 6.80. The highest BCUT2D eigenvalue weighted by Gasteiger charge is 2.47. The molecule has 5 heteroatoms. The van der Waals surface area contributed by atoms with Gasteiger partial charge in [0, 0.05) is 12.7 Å². The van der Waals surface area contributed by atoms with Crippen molar-refractivity contribution in [2.75, 3.05) is 0 Å². The molecule has 0 radical (unpaired) electrons. The number of rotatable bonds is 4. The lowest BCUT2D eigenvalue weighted by Crippen LogP contribution is -2.54. The lowest BCUT2D eigenvalue weighted by atomic mass is 9.83. The lowest BCUT2D eigenvalue weighted by Gasteiger charge is -2.43. The molecule has 1 aromatic heterocycles. The Balaban J connectivity index is 1.81. The molecule has 0 saturated carbocycles. The number of fused-ring (bicyclic) bond motifs is 1. The number of imidazole rings is 1. The quantitative estimate of drug-likeness (QED) is 0.719. The molecule has 2 aromatic carbocycles. The molecule has 4 rings (SSSR count). The predicted molar refractivity (Wildman–Crippen MR) is 101 cm³/mol. The molecule has 0 N–H and O–H groups in total. The molecule has 0 fully saturated rings. The minimum atomic E-state index is -0.840. The smallest absolute Gasteiger partial charge is 0.254 e. The molecule has 0 aliphatic carbocycles. The van der Waals surface area contributed by atoms with Crippen LogP contribution in [-0.4, -0.2) is 20.4 Å². The van der Waals surface area contributed by atoms with E-state index in [0.29, 0.717) is 25.1 Å². The molecule has 0 spiro atoms. The van der Waals surface area contributed by atoms with Crippen LogP contribution in [0.3, 0.4) is 0 Å². The highest BCUT2D eigenvalue weighted by atomic mass is 16.2. The molecule has 0 bridgehead atoms. The maximum absolute atomic E-state index is 13.7. The molecule has 2 heterocycles. The molecule has 1 unspecified atom stereocenters. The third-order valence-corrected chi connectivity index (χ3v) is 5.34. The van der Waals surface area contributed by atoms with E-state index in [1.54, 1.807) is 18.5 Å². The summed E-state index contributed by atoms with van der Waals surface area (Å²) in [5.41, 5.74) is 2.74. The van der Waals surface area contributed by atoms with E-state index in [1.165, 1.54) is 0 Å². The van der Waals surface area contributed by atoms with Gasteiger partial charge in [-0.2, -0.15) is 5.26 Å². The third kappa shape index (κ3) is 2.70. The van der Waals surface area contributed by atoms with Gasteiger partial charge in [0.2, 0.25) is 0 Å². The maximum Gasteiger partial charge on any atom is 0.254 e. The van der Waals surface area contributed by atoms with E-state index in [0.717, 1.165) is 16.8 Å². The van der Waals surface area contributed by atoms with E-state index in [2.05, 4.69) is 11.1 Å². The Morgan fingerprint density at radius 1 is 1.15 bits per heavy atom. The van der Waals surface area contributed by atoms with Gasteiger partial charge < -0.3 is 9.47 Å². The first kappa shape index (κ1) is 17.0. The fourth-order valence-corrected chi connectivity index (χ4v) is 3.96. The number of hydrogen-bond acceptors (Lipinski definition) is 3. The second kappa shape index (κ2) is 6.73. The molecule has 1 atom stereocenters. The van der Waals surface area contributed by atoms with Crippen LogP contribution in [0.1, 0.15) is 35.7 Å². The SMILES string of the molecule is CCC1(c2ccc(C#N)cc2)C(=O)N(Cc2ccccc2)Cc2cncn21. The Bertz CT molecular complexity index is 1000. The fourth-order valence-electron chi connectivity index (χ4n) is 3.96. The summed E-state index contributed by atoms with van der Waals surface area (Å²) < 4.78 is 2.00. The molecule has 5 nitrogen and oxygen atoms in total. The Hall–Kier alpha value is -3.39. The molecular formula is C22H20N4O. The monoisotopic (exact) mass is 356 g/mol. The van der Waals surface area contributed by atoms with Crippen molar-refractivity contribution in [1.29, 1.82) is 5.26 Å². The van der Waals surface area contributed by atoms with Crippen LogP contribution >= 0.6 is 0 Å². The van der Waals surface area contributed by atoms with E-state index in [-0.39, 0.29) is 5.91 Å². The number of amides is 1. The maximum atomic E-state index is 13.7. The Kier molecular flexibility index (Phi) is 4.25. The van der Waals surface area contributed by atoms with Gasteiger partial charge in [0.05, 0.1) is 30.2 Å². The van der Waals surface area contributed by atoms with Crippen molar-refractivity contribution in [3.8, 4) is 6.07 Å². The van der Waals surface area contributed by atoms with Gasteiger partial charge in [-0.1, -0.05) is 49.4 Å². The normalized spacial score (nSPS) is 18.8. The van der Waals surface area contributed by atoms with Gasteiger partial charge in [-0.15, -0.1) is 0 Å². The first-order chi connectivity index (χ1) is 13.2. The second-order valence-electron chi connectivity index (χ2n) is 6.80. The molecule has 3 aromatic rings. The van der Waals surface area contributed by atoms with Crippen LogP contribution in [0.5, 0.6) is 0 Å². The molecule has 1 aliphatic heterocycles. The number of benzene rings is 2. The number of carbonyl (C=O) groups is 1. The van der Waals surface area contributed by atoms with Gasteiger partial charge in [-0.05, 0) is 29.7 Å². The minimum Gasteiger partial charge on any atom is -0.330 e. The van der Waals surface area contributed by atoms with Crippen LogP contribution in [0.15, 0.2) is 67.1 Å². The van der Waals surface area contributed by atoms with Crippen LogP contribution in [0, 0.1) is 11.3 Å². The zero-order valence-electron chi connectivity index (χ0n) is 15.2. The first-order valence-corrected chi connectivity index (χ1v) is 9.04. The van der Waals surface area contributed by atoms with Crippen molar-refractivity contribution in [3.05, 3.63) is 89.5 Å². The molecule has 0 saturated heterocycles. The van der Waals surface area contributed by atoms with Gasteiger partial charge in [0.25, 0.3) is 5.91 Å². The van der Waals surface area contributed by atoms with Crippen molar-refractivity contribution >= 4 is 5.91 Å². The van der Waals surface area contributed by atoms with Gasteiger partial charge in [0.1, 0.15) is 5.54 Å². The van der Waals surface area contributed by atoms with Crippen LogP contribution in [0.2, 0.25) is 0 Å². The zero-order valence-corrected chi connectivity index (χ0v) is 15.2. The molecule has 1 aliphatic rings. The first-order valence-electron chi connectivity index (χ1n) is 9.04. The zero-order chi connectivity index (χ0) is 18.9. The van der Waals surface area contributed by atoms with E-state index in [9.17, 15) is 4.79 Å². The number of nitriles is 1. The number of carbonyl (C=O) groups excluding carboxylic acids is 1. The summed E-state index contributed by atoms with van der Waals surface area (Å²) in [6.07, 6.45) is 4.18. The summed E-state index contributed by atoms with van der Waals surface area (Å²) in [4.78, 5) is 19.9. The van der Waals surface area contributed by atoms with Crippen molar-refractivity contribution in [1.82, 2.24) is 14.5 Å². The molecule has 1 amide bonds. The molecular weight excluding hydrogens is 336 g/mol. The summed E-state index contributed by atoms with van der Waals surface area (Å²) in [6.45, 7) is 3.11. The van der Waals surface area contributed by atoms with Crippen molar-refractivity contribution in [2.24, 2.45) is 0 Å². The molecule has 134 valence electrons. The van der Waals surface area contributed by atoms with Crippen molar-refractivity contribution < 1.29 is 4.79 Å². The van der Waals surface area contributed by atoms with Crippen LogP contribution in [-0.2, 0) is 23.4 Å². The highest BCUT2D eigenvalue weighted by molar-refractivity contribution is 5.89. The van der Waals surface area contributed by atoms with Crippen LogP contribution in [0.25, 0.3) is 0 Å². The molecule has 27 heavy (non-hydrogen) atoms. The van der Waals surface area contributed by atoms with Gasteiger partial charge in [0.15, 0.2) is 0 Å². The highest BCUT2D eigenvalue weighted by Crippen LogP contribution is 2.38. The number of aromatic nitrogens is 2. The summed E-state index contributed by atoms with van der Waals surface area (Å²) in [5, 5.41) is 9.10. The van der Waals surface area contributed by atoms with Gasteiger partial charge in [-0.3, -0.25) is 4.79 Å². The average molecular weight is 356 g/mol. The van der Waals surface area contributed by atoms with Crippen molar-refractivity contribution in [2.45, 2.75) is 32.0 Å². The average Bonchev–Trinajstić information content (AvgIpc) is 3.19. The Morgan fingerprint density at radius 3 is 2.56 bits per heavy atom. The standard InChI is InChI=1S/C22H20N4O/c1-2-22(19-10-8-17(12-23)9-11-19)21(27)25(14-18-6-4-3-5-7-18)15-20-13-24-16-26(20)22/h3-11,13,16H,2,14-15H2,1H3. The predicted octanol–water partition coefficient (Wildman–Crippen LogP) is 3.45. The van der Waals surface area contributed by atoms with Gasteiger partial charge in [-0.25, -0.2) is 4.98 Å². The van der Waals surface area contributed by atoms with E-state index in [4.69, 9.17) is 5.26 Å². The topological polar surface area (TPSA) is 61.9 Å². The van der Waals surface area contributed by atoms with E-state index in [1.807, 2.05) is 65.1 Å². The van der Waals surface area contributed by atoms with Crippen LogP contribution < -0.4 is 0 Å². The fraction of sp³-hybridized carbons (Fsp3) is 0.227. The number of hydrogen-bond donors (Lipinski definition) is 0. The number of nitrogens with zero attached hydrogens (tertiary/aromatic N) is 4. The van der Waals surface area contributed by atoms with Crippen LogP contribution in [0.4, 0.5) is 0 Å². The Morgan fingerprint density at radius 2 is 1.89 bits per heavy atom.